The first-order chi connectivity index (χ1) is 16.5. The van der Waals surface area contributed by atoms with Gasteiger partial charge in [-0.05, 0) is 77.6 Å². The van der Waals surface area contributed by atoms with Gasteiger partial charge in [-0.3, -0.25) is 9.78 Å². The Hall–Kier alpha value is -3.55. The lowest BCUT2D eigenvalue weighted by molar-refractivity contribution is -0.119. The Morgan fingerprint density at radius 1 is 0.912 bits per heavy atom. The normalized spacial score (nSPS) is 16.5. The number of hydrogen-bond donors (Lipinski definition) is 1. The van der Waals surface area contributed by atoms with Crippen molar-refractivity contribution in [2.24, 2.45) is 0 Å². The highest BCUT2D eigenvalue weighted by atomic mass is 32.2. The number of rotatable bonds is 6. The van der Waals surface area contributed by atoms with Gasteiger partial charge in [-0.1, -0.05) is 42.5 Å². The molecule has 0 radical (unpaired) electrons. The van der Waals surface area contributed by atoms with Crippen LogP contribution in [0.4, 0.5) is 5.69 Å². The van der Waals surface area contributed by atoms with Gasteiger partial charge in [-0.2, -0.15) is 4.31 Å². The Morgan fingerprint density at radius 2 is 1.62 bits per heavy atom. The highest BCUT2D eigenvalue weighted by Crippen LogP contribution is 2.29. The topological polar surface area (TPSA) is 79.4 Å². The Labute approximate surface area is 199 Å². The van der Waals surface area contributed by atoms with Gasteiger partial charge in [0.2, 0.25) is 15.9 Å². The fraction of sp³-hybridized carbons (Fsp3) is 0.185. The summed E-state index contributed by atoms with van der Waals surface area (Å²) in [6.45, 7) is 0.331. The van der Waals surface area contributed by atoms with Crippen LogP contribution >= 0.6 is 0 Å². The van der Waals surface area contributed by atoms with Gasteiger partial charge in [-0.25, -0.2) is 8.42 Å². The summed E-state index contributed by atoms with van der Waals surface area (Å²) in [6.07, 6.45) is 5.46. The molecule has 5 rings (SSSR count). The van der Waals surface area contributed by atoms with E-state index in [4.69, 9.17) is 0 Å². The number of pyridine rings is 1. The monoisotopic (exact) mass is 471 g/mol. The highest BCUT2D eigenvalue weighted by Gasteiger charge is 2.39. The number of nitrogens with one attached hydrogen (secondary N) is 1. The molecule has 6 nitrogen and oxygen atoms in total. The molecule has 1 aliphatic heterocycles. The first-order valence-corrected chi connectivity index (χ1v) is 12.7. The molecule has 34 heavy (non-hydrogen) atoms. The van der Waals surface area contributed by atoms with E-state index in [1.165, 1.54) is 4.31 Å². The van der Waals surface area contributed by atoms with Gasteiger partial charge < -0.3 is 5.32 Å². The van der Waals surface area contributed by atoms with Gasteiger partial charge in [0, 0.05) is 24.6 Å². The Morgan fingerprint density at radius 3 is 2.38 bits per heavy atom. The fourth-order valence-electron chi connectivity index (χ4n) is 4.42. The number of benzene rings is 3. The van der Waals surface area contributed by atoms with Crippen LogP contribution in [0.1, 0.15) is 24.0 Å². The lowest BCUT2D eigenvalue weighted by atomic mass is 10.1. The van der Waals surface area contributed by atoms with Gasteiger partial charge in [-0.15, -0.1) is 0 Å². The Bertz CT molecular complexity index is 1420. The summed E-state index contributed by atoms with van der Waals surface area (Å²) < 4.78 is 28.1. The summed E-state index contributed by atoms with van der Waals surface area (Å²) in [5, 5.41) is 4.74. The van der Waals surface area contributed by atoms with E-state index in [9.17, 15) is 13.2 Å². The maximum absolute atomic E-state index is 13.4. The fourth-order valence-corrected chi connectivity index (χ4v) is 6.11. The van der Waals surface area contributed by atoms with Crippen molar-refractivity contribution in [3.05, 3.63) is 102 Å². The number of hydrogen-bond acceptors (Lipinski definition) is 4. The molecule has 1 fully saturated rings. The van der Waals surface area contributed by atoms with Crippen molar-refractivity contribution in [2.45, 2.75) is 30.2 Å². The molecule has 3 aromatic carbocycles. The zero-order chi connectivity index (χ0) is 23.5. The molecule has 1 atom stereocenters. The molecule has 0 spiro atoms. The number of carbonyl (C=O) groups excluding carboxylic acids is 1. The molecule has 1 aromatic heterocycles. The van der Waals surface area contributed by atoms with E-state index in [1.54, 1.807) is 30.6 Å². The summed E-state index contributed by atoms with van der Waals surface area (Å²) in [5.41, 5.74) is 2.93. The summed E-state index contributed by atoms with van der Waals surface area (Å²) in [6, 6.07) is 23.6. The maximum atomic E-state index is 13.4. The third-order valence-corrected chi connectivity index (χ3v) is 8.12. The SMILES string of the molecule is O=C(Nc1ccc(Cc2ccncc2)cc1)[C@@H]1CCCN1S(=O)(=O)c1ccc2ccccc2c1. The van der Waals surface area contributed by atoms with Crippen LogP contribution < -0.4 is 5.32 Å². The molecule has 0 saturated carbocycles. The van der Waals surface area contributed by atoms with Crippen LogP contribution in [-0.4, -0.2) is 36.2 Å². The summed E-state index contributed by atoms with van der Waals surface area (Å²) >= 11 is 0. The number of anilines is 1. The van der Waals surface area contributed by atoms with Crippen molar-refractivity contribution in [2.75, 3.05) is 11.9 Å². The second-order valence-electron chi connectivity index (χ2n) is 8.50. The van der Waals surface area contributed by atoms with Crippen molar-refractivity contribution in [3.8, 4) is 0 Å². The predicted molar refractivity (Wildman–Crippen MR) is 133 cm³/mol. The minimum Gasteiger partial charge on any atom is -0.325 e. The second-order valence-corrected chi connectivity index (χ2v) is 10.4. The lowest BCUT2D eigenvalue weighted by Crippen LogP contribution is -2.43. The standard InChI is InChI=1S/C27H25N3O3S/c31-27(29-24-10-7-20(8-11-24)18-21-13-15-28-16-14-21)26-6-3-17-30(26)34(32,33)25-12-9-22-4-1-2-5-23(22)19-25/h1-2,4-5,7-16,19,26H,3,6,17-18H2,(H,29,31)/t26-/m0/s1. The van der Waals surface area contributed by atoms with E-state index >= 15 is 0 Å². The largest absolute Gasteiger partial charge is 0.325 e. The summed E-state index contributed by atoms with van der Waals surface area (Å²) in [5.74, 6) is -0.302. The van der Waals surface area contributed by atoms with Gasteiger partial charge in [0.05, 0.1) is 4.90 Å². The van der Waals surface area contributed by atoms with Crippen LogP contribution in [0, 0.1) is 0 Å². The molecule has 7 heteroatoms. The van der Waals surface area contributed by atoms with E-state index < -0.39 is 16.1 Å². The van der Waals surface area contributed by atoms with Crippen molar-refractivity contribution < 1.29 is 13.2 Å². The van der Waals surface area contributed by atoms with E-state index in [2.05, 4.69) is 10.3 Å². The molecule has 0 aliphatic carbocycles. The van der Waals surface area contributed by atoms with Crippen molar-refractivity contribution in [3.63, 3.8) is 0 Å². The molecule has 1 saturated heterocycles. The Kier molecular flexibility index (Phi) is 6.13. The van der Waals surface area contributed by atoms with Crippen LogP contribution in [-0.2, 0) is 21.2 Å². The van der Waals surface area contributed by atoms with E-state index in [0.717, 1.165) is 28.3 Å². The van der Waals surface area contributed by atoms with Crippen molar-refractivity contribution in [1.29, 1.82) is 0 Å². The highest BCUT2D eigenvalue weighted by molar-refractivity contribution is 7.89. The van der Waals surface area contributed by atoms with Gasteiger partial charge in [0.15, 0.2) is 0 Å². The minimum absolute atomic E-state index is 0.214. The number of amides is 1. The van der Waals surface area contributed by atoms with Crippen LogP contribution in [0.15, 0.2) is 96.2 Å². The molecule has 0 bridgehead atoms. The molecular weight excluding hydrogens is 446 g/mol. The summed E-state index contributed by atoms with van der Waals surface area (Å²) in [7, 11) is -3.79. The number of nitrogens with zero attached hydrogens (tertiary/aromatic N) is 2. The Balaban J connectivity index is 1.30. The molecule has 1 aliphatic rings. The third-order valence-electron chi connectivity index (χ3n) is 6.21. The number of fused-ring (bicyclic) bond motifs is 1. The zero-order valence-electron chi connectivity index (χ0n) is 18.6. The molecule has 2 heterocycles. The molecule has 1 N–H and O–H groups in total. The van der Waals surface area contributed by atoms with Crippen molar-refractivity contribution >= 4 is 32.4 Å². The van der Waals surface area contributed by atoms with Gasteiger partial charge >= 0.3 is 0 Å². The molecule has 4 aromatic rings. The average Bonchev–Trinajstić information content (AvgIpc) is 3.37. The average molecular weight is 472 g/mol. The van der Waals surface area contributed by atoms with Crippen LogP contribution in [0.2, 0.25) is 0 Å². The van der Waals surface area contributed by atoms with Crippen molar-refractivity contribution in [1.82, 2.24) is 9.29 Å². The zero-order valence-corrected chi connectivity index (χ0v) is 19.4. The maximum Gasteiger partial charge on any atom is 0.243 e. The molecule has 172 valence electrons. The van der Waals surface area contributed by atoms with Gasteiger partial charge in [0.1, 0.15) is 6.04 Å². The molecular formula is C27H25N3O3S. The van der Waals surface area contributed by atoms with E-state index in [0.29, 0.717) is 25.1 Å². The van der Waals surface area contributed by atoms with Crippen LogP contribution in [0.5, 0.6) is 0 Å². The lowest BCUT2D eigenvalue weighted by Gasteiger charge is -2.23. The van der Waals surface area contributed by atoms with Crippen LogP contribution in [0.25, 0.3) is 10.8 Å². The van der Waals surface area contributed by atoms with E-state index in [-0.39, 0.29) is 10.8 Å². The quantitative estimate of drug-likeness (QED) is 0.445. The predicted octanol–water partition coefficient (Wildman–Crippen LogP) is 4.62. The third kappa shape index (κ3) is 4.58. The van der Waals surface area contributed by atoms with Gasteiger partial charge in [0.25, 0.3) is 0 Å². The number of aromatic nitrogens is 1. The first-order valence-electron chi connectivity index (χ1n) is 11.3. The minimum atomic E-state index is -3.79. The smallest absolute Gasteiger partial charge is 0.243 e. The summed E-state index contributed by atoms with van der Waals surface area (Å²) in [4.78, 5) is 17.3. The number of carbonyl (C=O) groups is 1. The molecule has 0 unspecified atom stereocenters. The van der Waals surface area contributed by atoms with E-state index in [1.807, 2.05) is 60.7 Å². The first kappa shape index (κ1) is 22.3. The second kappa shape index (κ2) is 9.37. The van der Waals surface area contributed by atoms with Crippen LogP contribution in [0.3, 0.4) is 0 Å². The molecule has 1 amide bonds. The number of sulfonamides is 1.